The van der Waals surface area contributed by atoms with E-state index in [1.165, 1.54) is 0 Å². The van der Waals surface area contributed by atoms with Crippen molar-refractivity contribution in [3.8, 4) is 34.9 Å². The zero-order valence-corrected chi connectivity index (χ0v) is 36.7. The van der Waals surface area contributed by atoms with E-state index < -0.39 is 0 Å². The molecule has 0 saturated carbocycles. The summed E-state index contributed by atoms with van der Waals surface area (Å²) in [4.78, 5) is 0. The second-order valence-corrected chi connectivity index (χ2v) is 17.8. The van der Waals surface area contributed by atoms with Crippen molar-refractivity contribution in [2.45, 2.75) is 0 Å². The highest BCUT2D eigenvalue weighted by molar-refractivity contribution is 6.25. The molecule has 0 bridgehead atoms. The lowest BCUT2D eigenvalue weighted by molar-refractivity contribution is 0.669. The Balaban J connectivity index is 1.31. The number of fused-ring (bicyclic) bond motifs is 16. The third-order valence-corrected chi connectivity index (χ3v) is 14.4. The summed E-state index contributed by atoms with van der Waals surface area (Å²) in [5.74, 6) is 0. The predicted molar refractivity (Wildman–Crippen MR) is 281 cm³/mol. The van der Waals surface area contributed by atoms with Gasteiger partial charge >= 0.3 is 0 Å². The van der Waals surface area contributed by atoms with E-state index in [1.54, 1.807) is 0 Å². The number of hydrogen-bond acceptors (Lipinski definition) is 3. The molecular weight excluding hydrogens is 845 g/mol. The average molecular weight is 879 g/mol. The number of nitriles is 2. The van der Waals surface area contributed by atoms with Gasteiger partial charge in [-0.1, -0.05) is 146 Å². The molecule has 0 fully saturated rings. The number of hydrogen-bond donors (Lipinski definition) is 0. The number of benzene rings is 10. The van der Waals surface area contributed by atoms with Gasteiger partial charge in [-0.3, -0.25) is 0 Å². The van der Waals surface area contributed by atoms with Gasteiger partial charge in [0.2, 0.25) is 0 Å². The molecule has 10 aromatic carbocycles. The third-order valence-electron chi connectivity index (χ3n) is 14.4. The number of furan rings is 1. The highest BCUT2D eigenvalue weighted by Crippen LogP contribution is 2.50. The van der Waals surface area contributed by atoms with Crippen molar-refractivity contribution in [2.75, 3.05) is 0 Å². The molecule has 15 aromatic rings. The first kappa shape index (κ1) is 37.4. The maximum absolute atomic E-state index is 12.4. The van der Waals surface area contributed by atoms with Crippen LogP contribution in [-0.2, 0) is 0 Å². The quantitative estimate of drug-likeness (QED) is 0.177. The van der Waals surface area contributed by atoms with Gasteiger partial charge in [-0.2, -0.15) is 10.5 Å². The molecule has 0 unspecified atom stereocenters. The van der Waals surface area contributed by atoms with Crippen LogP contribution in [0.5, 0.6) is 0 Å². The Kier molecular flexibility index (Phi) is 7.51. The Morgan fingerprint density at radius 2 is 0.594 bits per heavy atom. The van der Waals surface area contributed by atoms with Crippen LogP contribution >= 0.6 is 0 Å². The van der Waals surface area contributed by atoms with Crippen molar-refractivity contribution in [3.63, 3.8) is 0 Å². The molecular formula is C62H34N6O. The fraction of sp³-hybridized carbons (Fsp3) is 0. The van der Waals surface area contributed by atoms with Gasteiger partial charge in [0, 0.05) is 48.5 Å². The van der Waals surface area contributed by atoms with Crippen LogP contribution in [0.15, 0.2) is 211 Å². The first-order valence-electron chi connectivity index (χ1n) is 23.1. The van der Waals surface area contributed by atoms with Gasteiger partial charge < -0.3 is 22.7 Å². The van der Waals surface area contributed by atoms with Crippen LogP contribution in [0, 0.1) is 22.7 Å². The van der Waals surface area contributed by atoms with E-state index in [-0.39, 0.29) is 0 Å². The van der Waals surface area contributed by atoms with Gasteiger partial charge in [-0.25, -0.2) is 0 Å². The molecule has 0 spiro atoms. The lowest BCUT2D eigenvalue weighted by atomic mass is 9.98. The van der Waals surface area contributed by atoms with E-state index in [0.29, 0.717) is 33.9 Å². The molecule has 0 atom stereocenters. The number of nitrogens with zero attached hydrogens (tertiary/aromatic N) is 6. The summed E-state index contributed by atoms with van der Waals surface area (Å²) in [7, 11) is 0. The van der Waals surface area contributed by atoms with Crippen molar-refractivity contribution in [1.29, 1.82) is 10.5 Å². The van der Waals surface area contributed by atoms with E-state index in [0.717, 1.165) is 109 Å². The second-order valence-electron chi connectivity index (χ2n) is 17.8. The Bertz CT molecular complexity index is 4660. The summed E-state index contributed by atoms with van der Waals surface area (Å²) in [6.45, 7) is 0. The Morgan fingerprint density at radius 1 is 0.275 bits per heavy atom. The van der Waals surface area contributed by atoms with Crippen LogP contribution in [-0.4, -0.2) is 18.3 Å². The molecule has 7 heteroatoms. The van der Waals surface area contributed by atoms with E-state index in [1.807, 2.05) is 24.3 Å². The summed E-state index contributed by atoms with van der Waals surface area (Å²) in [5, 5.41) is 35.0. The fourth-order valence-electron chi connectivity index (χ4n) is 11.8. The summed E-state index contributed by atoms with van der Waals surface area (Å²) in [6.07, 6.45) is 0. The maximum atomic E-state index is 12.4. The standard InChI is InChI=1S/C62H34N6O/c63-35-46-58(65-48-25-9-1-17-37(48)38-18-2-10-26-49(38)65)47(36-64)61(68-54-31-15-7-23-43(54)44-33-34-56-57(59(44)68)45-24-8-16-32-55(45)69-56)62(67-52-29-13-5-21-41(52)42-22-6-14-30-53(42)67)60(46)66-50-27-11-3-19-39(50)40-20-4-12-28-51(40)66/h1-34H. The fourth-order valence-corrected chi connectivity index (χ4v) is 11.8. The van der Waals surface area contributed by atoms with Gasteiger partial charge in [-0.15, -0.1) is 0 Å². The first-order valence-corrected chi connectivity index (χ1v) is 23.1. The summed E-state index contributed by atoms with van der Waals surface area (Å²) < 4.78 is 15.7. The first-order chi connectivity index (χ1) is 34.2. The SMILES string of the molecule is N#Cc1c(-n2c3ccccc3c3ccccc32)c(C#N)c(-n2c3ccccc3c3ccc4oc5ccccc5c4c32)c(-n2c3ccccc3c3ccccc32)c1-n1c2ccccc2c2ccccc21. The molecule has 7 nitrogen and oxygen atoms in total. The number of rotatable bonds is 4. The van der Waals surface area contributed by atoms with Crippen LogP contribution in [0.25, 0.3) is 132 Å². The van der Waals surface area contributed by atoms with Gasteiger partial charge in [0.05, 0.1) is 72.3 Å². The molecule has 318 valence electrons. The lowest BCUT2D eigenvalue weighted by Crippen LogP contribution is -2.17. The zero-order valence-electron chi connectivity index (χ0n) is 36.7. The van der Waals surface area contributed by atoms with Crippen molar-refractivity contribution < 1.29 is 4.42 Å². The molecule has 0 radical (unpaired) electrons. The smallest absolute Gasteiger partial charge is 0.137 e. The van der Waals surface area contributed by atoms with E-state index >= 15 is 0 Å². The average Bonchev–Trinajstić information content (AvgIpc) is 4.21. The van der Waals surface area contributed by atoms with E-state index in [9.17, 15) is 10.5 Å². The van der Waals surface area contributed by atoms with Crippen LogP contribution in [0.4, 0.5) is 0 Å². The molecule has 0 aliphatic rings. The molecule has 5 aromatic heterocycles. The van der Waals surface area contributed by atoms with Crippen LogP contribution < -0.4 is 0 Å². The van der Waals surface area contributed by atoms with Crippen LogP contribution in [0.1, 0.15) is 11.1 Å². The molecule has 0 saturated heterocycles. The molecule has 0 aliphatic carbocycles. The van der Waals surface area contributed by atoms with Crippen LogP contribution in [0.2, 0.25) is 0 Å². The van der Waals surface area contributed by atoms with Crippen molar-refractivity contribution in [2.24, 2.45) is 0 Å². The molecule has 5 heterocycles. The minimum Gasteiger partial charge on any atom is -0.456 e. The monoisotopic (exact) mass is 878 g/mol. The van der Waals surface area contributed by atoms with Gasteiger partial charge in [-0.05, 0) is 60.7 Å². The molecule has 69 heavy (non-hydrogen) atoms. The summed E-state index contributed by atoms with van der Waals surface area (Å²) >= 11 is 0. The van der Waals surface area contributed by atoms with Gasteiger partial charge in [0.1, 0.15) is 34.4 Å². The molecule has 15 rings (SSSR count). The van der Waals surface area contributed by atoms with Gasteiger partial charge in [0.25, 0.3) is 0 Å². The normalized spacial score (nSPS) is 12.0. The molecule has 0 amide bonds. The third kappa shape index (κ3) is 4.82. The predicted octanol–water partition coefficient (Wildman–Crippen LogP) is 15.7. The summed E-state index contributed by atoms with van der Waals surface area (Å²) in [5.41, 5.74) is 12.1. The number of aromatic nitrogens is 4. The summed E-state index contributed by atoms with van der Waals surface area (Å²) in [6, 6.07) is 77.0. The Labute approximate surface area is 392 Å². The highest BCUT2D eigenvalue weighted by atomic mass is 16.3. The Hall–Kier alpha value is -9.82. The van der Waals surface area contributed by atoms with Crippen molar-refractivity contribution in [1.82, 2.24) is 18.3 Å². The zero-order chi connectivity index (χ0) is 45.5. The Morgan fingerprint density at radius 3 is 1.01 bits per heavy atom. The second kappa shape index (κ2) is 13.9. The largest absolute Gasteiger partial charge is 0.456 e. The van der Waals surface area contributed by atoms with Crippen molar-refractivity contribution >= 4 is 109 Å². The topological polar surface area (TPSA) is 80.4 Å². The minimum absolute atomic E-state index is 0.354. The highest BCUT2D eigenvalue weighted by Gasteiger charge is 2.35. The molecule has 0 N–H and O–H groups in total. The van der Waals surface area contributed by atoms with E-state index in [2.05, 4.69) is 212 Å². The van der Waals surface area contributed by atoms with Crippen molar-refractivity contribution in [3.05, 3.63) is 217 Å². The van der Waals surface area contributed by atoms with Crippen LogP contribution in [0.3, 0.4) is 0 Å². The minimum atomic E-state index is 0.354. The van der Waals surface area contributed by atoms with Gasteiger partial charge in [0.15, 0.2) is 0 Å². The van der Waals surface area contributed by atoms with E-state index in [4.69, 9.17) is 4.42 Å². The molecule has 0 aliphatic heterocycles. The number of para-hydroxylation sites is 8. The maximum Gasteiger partial charge on any atom is 0.137 e. The lowest BCUT2D eigenvalue weighted by Gasteiger charge is -2.27.